The number of aryl methyl sites for hydroxylation is 1. The van der Waals surface area contributed by atoms with Crippen LogP contribution < -0.4 is 10.2 Å². The Bertz CT molecular complexity index is 698. The normalized spacial score (nSPS) is 14.2. The number of anilines is 2. The van der Waals surface area contributed by atoms with Crippen LogP contribution in [0.5, 0.6) is 0 Å². The zero-order chi connectivity index (χ0) is 15.5. The maximum Gasteiger partial charge on any atom is 0.274 e. The van der Waals surface area contributed by atoms with E-state index in [1.807, 2.05) is 0 Å². The SMILES string of the molecule is Cc1nc(C(=O)Nc2ccccc2F)cc(N2CCCC2)n1. The minimum atomic E-state index is -0.471. The fourth-order valence-electron chi connectivity index (χ4n) is 2.53. The molecule has 6 heteroatoms. The van der Waals surface area contributed by atoms with Gasteiger partial charge in [0.05, 0.1) is 5.69 Å². The molecule has 0 atom stereocenters. The summed E-state index contributed by atoms with van der Waals surface area (Å²) in [5, 5.41) is 2.55. The van der Waals surface area contributed by atoms with Crippen molar-refractivity contribution in [3.63, 3.8) is 0 Å². The van der Waals surface area contributed by atoms with E-state index in [9.17, 15) is 9.18 Å². The van der Waals surface area contributed by atoms with E-state index in [0.717, 1.165) is 31.7 Å². The lowest BCUT2D eigenvalue weighted by molar-refractivity contribution is 0.102. The molecule has 22 heavy (non-hydrogen) atoms. The van der Waals surface area contributed by atoms with E-state index in [2.05, 4.69) is 20.2 Å². The lowest BCUT2D eigenvalue weighted by Gasteiger charge is -2.17. The van der Waals surface area contributed by atoms with Gasteiger partial charge >= 0.3 is 0 Å². The third-order valence-corrected chi connectivity index (χ3v) is 3.61. The predicted molar refractivity (Wildman–Crippen MR) is 82.6 cm³/mol. The molecule has 1 aromatic heterocycles. The van der Waals surface area contributed by atoms with E-state index in [-0.39, 0.29) is 11.4 Å². The maximum atomic E-state index is 13.6. The summed E-state index contributed by atoms with van der Waals surface area (Å²) in [7, 11) is 0. The highest BCUT2D eigenvalue weighted by atomic mass is 19.1. The number of para-hydroxylation sites is 1. The molecule has 2 heterocycles. The Morgan fingerprint density at radius 1 is 1.23 bits per heavy atom. The van der Waals surface area contributed by atoms with E-state index < -0.39 is 11.7 Å². The summed E-state index contributed by atoms with van der Waals surface area (Å²) in [4.78, 5) is 23.0. The van der Waals surface area contributed by atoms with Crippen LogP contribution in [0.2, 0.25) is 0 Å². The summed E-state index contributed by atoms with van der Waals surface area (Å²) in [6.45, 7) is 3.62. The van der Waals surface area contributed by atoms with Gasteiger partial charge in [-0.15, -0.1) is 0 Å². The third-order valence-electron chi connectivity index (χ3n) is 3.61. The highest BCUT2D eigenvalue weighted by Crippen LogP contribution is 2.20. The molecule has 114 valence electrons. The number of aromatic nitrogens is 2. The number of carbonyl (C=O) groups is 1. The van der Waals surface area contributed by atoms with Crippen molar-refractivity contribution in [3.8, 4) is 0 Å². The van der Waals surface area contributed by atoms with Crippen molar-refractivity contribution in [3.05, 3.63) is 47.7 Å². The molecule has 0 radical (unpaired) electrons. The zero-order valence-corrected chi connectivity index (χ0v) is 12.3. The molecular weight excluding hydrogens is 283 g/mol. The molecule has 0 unspecified atom stereocenters. The first-order chi connectivity index (χ1) is 10.6. The number of amides is 1. The van der Waals surface area contributed by atoms with Crippen molar-refractivity contribution in [1.82, 2.24) is 9.97 Å². The standard InChI is InChI=1S/C16H17FN4O/c1-11-18-14(10-15(19-11)21-8-4-5-9-21)16(22)20-13-7-3-2-6-12(13)17/h2-3,6-7,10H,4-5,8-9H2,1H3,(H,20,22). The Morgan fingerprint density at radius 2 is 1.95 bits per heavy atom. The van der Waals surface area contributed by atoms with Crippen LogP contribution in [0.25, 0.3) is 0 Å². The zero-order valence-electron chi connectivity index (χ0n) is 12.3. The quantitative estimate of drug-likeness (QED) is 0.947. The van der Waals surface area contributed by atoms with Crippen LogP contribution in [0, 0.1) is 12.7 Å². The largest absolute Gasteiger partial charge is 0.356 e. The van der Waals surface area contributed by atoms with E-state index in [1.165, 1.54) is 12.1 Å². The first-order valence-electron chi connectivity index (χ1n) is 7.30. The first-order valence-corrected chi connectivity index (χ1v) is 7.30. The van der Waals surface area contributed by atoms with Gasteiger partial charge in [-0.05, 0) is 31.9 Å². The second-order valence-corrected chi connectivity index (χ2v) is 5.29. The number of carbonyl (C=O) groups excluding carboxylic acids is 1. The average Bonchev–Trinajstić information content (AvgIpc) is 3.03. The Balaban J connectivity index is 1.84. The molecule has 1 aliphatic rings. The minimum absolute atomic E-state index is 0.145. The second kappa shape index (κ2) is 6.09. The summed E-state index contributed by atoms with van der Waals surface area (Å²) in [6, 6.07) is 7.72. The number of hydrogen-bond donors (Lipinski definition) is 1. The molecule has 0 bridgehead atoms. The summed E-state index contributed by atoms with van der Waals surface area (Å²) < 4.78 is 13.6. The predicted octanol–water partition coefficient (Wildman–Crippen LogP) is 2.78. The Kier molecular flexibility index (Phi) is 4.00. The fourth-order valence-corrected chi connectivity index (χ4v) is 2.53. The Morgan fingerprint density at radius 3 is 2.68 bits per heavy atom. The first kappa shape index (κ1) is 14.4. The molecule has 2 aromatic rings. The lowest BCUT2D eigenvalue weighted by Crippen LogP contribution is -2.22. The van der Waals surface area contributed by atoms with E-state index >= 15 is 0 Å². The monoisotopic (exact) mass is 300 g/mol. The van der Waals surface area contributed by atoms with Crippen LogP contribution in [-0.4, -0.2) is 29.0 Å². The molecule has 3 rings (SSSR count). The van der Waals surface area contributed by atoms with Gasteiger partial charge in [0.2, 0.25) is 0 Å². The molecule has 1 saturated heterocycles. The lowest BCUT2D eigenvalue weighted by atomic mass is 10.3. The van der Waals surface area contributed by atoms with Crippen molar-refractivity contribution < 1.29 is 9.18 Å². The van der Waals surface area contributed by atoms with Gasteiger partial charge in [-0.2, -0.15) is 0 Å². The van der Waals surface area contributed by atoms with Crippen molar-refractivity contribution >= 4 is 17.4 Å². The van der Waals surface area contributed by atoms with Crippen molar-refractivity contribution in [2.24, 2.45) is 0 Å². The highest BCUT2D eigenvalue weighted by molar-refractivity contribution is 6.03. The van der Waals surface area contributed by atoms with Crippen LogP contribution >= 0.6 is 0 Å². The van der Waals surface area contributed by atoms with Crippen LogP contribution in [0.3, 0.4) is 0 Å². The van der Waals surface area contributed by atoms with Gasteiger partial charge < -0.3 is 10.2 Å². The number of nitrogens with one attached hydrogen (secondary N) is 1. The van der Waals surface area contributed by atoms with Gasteiger partial charge in [0.1, 0.15) is 23.2 Å². The number of nitrogens with zero attached hydrogens (tertiary/aromatic N) is 3. The van der Waals surface area contributed by atoms with Crippen LogP contribution in [0.1, 0.15) is 29.2 Å². The Labute approximate surface area is 128 Å². The number of benzene rings is 1. The van der Waals surface area contributed by atoms with Crippen molar-refractivity contribution in [2.75, 3.05) is 23.3 Å². The Hall–Kier alpha value is -2.50. The maximum absolute atomic E-state index is 13.6. The van der Waals surface area contributed by atoms with Gasteiger partial charge in [-0.3, -0.25) is 4.79 Å². The molecule has 0 saturated carbocycles. The molecule has 0 spiro atoms. The third kappa shape index (κ3) is 3.05. The molecule has 1 amide bonds. The molecule has 1 fully saturated rings. The van der Waals surface area contributed by atoms with Crippen LogP contribution in [0.15, 0.2) is 30.3 Å². The fraction of sp³-hybridized carbons (Fsp3) is 0.312. The summed E-state index contributed by atoms with van der Waals surface area (Å²) in [6.07, 6.45) is 2.25. The van der Waals surface area contributed by atoms with E-state index in [4.69, 9.17) is 0 Å². The summed E-state index contributed by atoms with van der Waals surface area (Å²) in [5.74, 6) is 0.379. The van der Waals surface area contributed by atoms with Crippen molar-refractivity contribution in [2.45, 2.75) is 19.8 Å². The van der Waals surface area contributed by atoms with Gasteiger partial charge in [0.25, 0.3) is 5.91 Å². The minimum Gasteiger partial charge on any atom is -0.356 e. The van der Waals surface area contributed by atoms with Gasteiger partial charge in [0.15, 0.2) is 0 Å². The molecule has 0 aliphatic carbocycles. The number of rotatable bonds is 3. The smallest absolute Gasteiger partial charge is 0.274 e. The van der Waals surface area contributed by atoms with Crippen LogP contribution in [-0.2, 0) is 0 Å². The number of halogens is 1. The topological polar surface area (TPSA) is 58.1 Å². The number of hydrogen-bond acceptors (Lipinski definition) is 4. The van der Waals surface area contributed by atoms with Gasteiger partial charge in [-0.25, -0.2) is 14.4 Å². The molecular formula is C16H17FN4O. The van der Waals surface area contributed by atoms with E-state index in [0.29, 0.717) is 5.82 Å². The molecule has 5 nitrogen and oxygen atoms in total. The highest BCUT2D eigenvalue weighted by Gasteiger charge is 2.18. The molecule has 1 aromatic carbocycles. The molecule has 1 aliphatic heterocycles. The van der Waals surface area contributed by atoms with Gasteiger partial charge in [-0.1, -0.05) is 12.1 Å². The molecule has 1 N–H and O–H groups in total. The van der Waals surface area contributed by atoms with Gasteiger partial charge in [0, 0.05) is 19.2 Å². The second-order valence-electron chi connectivity index (χ2n) is 5.29. The van der Waals surface area contributed by atoms with E-state index in [1.54, 1.807) is 25.1 Å². The summed E-state index contributed by atoms with van der Waals surface area (Å²) >= 11 is 0. The van der Waals surface area contributed by atoms with Crippen LogP contribution in [0.4, 0.5) is 15.9 Å². The van der Waals surface area contributed by atoms with Crippen molar-refractivity contribution in [1.29, 1.82) is 0 Å². The average molecular weight is 300 g/mol. The summed E-state index contributed by atoms with van der Waals surface area (Å²) in [5.41, 5.74) is 0.393.